The van der Waals surface area contributed by atoms with E-state index in [0.717, 1.165) is 22.7 Å². The normalized spacial score (nSPS) is 12.4. The van der Waals surface area contributed by atoms with Gasteiger partial charge in [-0.05, 0) is 48.9 Å². The number of carboxylic acid groups (broad SMARTS) is 1. The van der Waals surface area contributed by atoms with Crippen molar-refractivity contribution in [3.05, 3.63) is 59.9 Å². The fraction of sp³-hybridized carbons (Fsp3) is 0.278. The van der Waals surface area contributed by atoms with Gasteiger partial charge in [0.15, 0.2) is 0 Å². The second-order valence-electron chi connectivity index (χ2n) is 5.67. The zero-order chi connectivity index (χ0) is 19.3. The number of carboxylic acids is 1. The molecule has 0 aliphatic carbocycles. The quantitative estimate of drug-likeness (QED) is 0.760. The topological polar surface area (TPSA) is 83.9 Å². The molecule has 6 nitrogen and oxygen atoms in total. The SMILES string of the molecule is CCOc1ccc(C[C@@H](C(=O)O)N(c2ccc(F)cc2)S(C)(=O)=O)cc1. The van der Waals surface area contributed by atoms with Crippen molar-refractivity contribution in [3.8, 4) is 5.75 Å². The van der Waals surface area contributed by atoms with E-state index >= 15 is 0 Å². The van der Waals surface area contributed by atoms with Gasteiger partial charge in [0.25, 0.3) is 0 Å². The van der Waals surface area contributed by atoms with Crippen LogP contribution in [0.2, 0.25) is 0 Å². The molecule has 2 aromatic rings. The summed E-state index contributed by atoms with van der Waals surface area (Å²) >= 11 is 0. The molecule has 0 fully saturated rings. The minimum atomic E-state index is -3.91. The molecule has 0 spiro atoms. The van der Waals surface area contributed by atoms with Gasteiger partial charge in [-0.1, -0.05) is 12.1 Å². The molecule has 0 heterocycles. The molecule has 1 atom stereocenters. The van der Waals surface area contributed by atoms with E-state index in [9.17, 15) is 22.7 Å². The Morgan fingerprint density at radius 3 is 2.19 bits per heavy atom. The third-order valence-electron chi connectivity index (χ3n) is 3.67. The molecular formula is C18H20FNO5S. The summed E-state index contributed by atoms with van der Waals surface area (Å²) in [6.45, 7) is 2.35. The van der Waals surface area contributed by atoms with Gasteiger partial charge in [0.05, 0.1) is 18.6 Å². The van der Waals surface area contributed by atoms with Gasteiger partial charge in [0.2, 0.25) is 10.0 Å². The van der Waals surface area contributed by atoms with Gasteiger partial charge in [-0.15, -0.1) is 0 Å². The van der Waals surface area contributed by atoms with Crippen LogP contribution in [0.3, 0.4) is 0 Å². The summed E-state index contributed by atoms with van der Waals surface area (Å²) < 4.78 is 43.8. The molecule has 0 unspecified atom stereocenters. The third-order valence-corrected chi connectivity index (χ3v) is 4.85. The smallest absolute Gasteiger partial charge is 0.327 e. The van der Waals surface area contributed by atoms with Crippen molar-refractivity contribution >= 4 is 21.7 Å². The number of anilines is 1. The second-order valence-corrected chi connectivity index (χ2v) is 7.53. The zero-order valence-corrected chi connectivity index (χ0v) is 15.2. The van der Waals surface area contributed by atoms with E-state index < -0.39 is 27.9 Å². The lowest BCUT2D eigenvalue weighted by Crippen LogP contribution is -2.46. The van der Waals surface area contributed by atoms with Crippen molar-refractivity contribution in [2.45, 2.75) is 19.4 Å². The number of hydrogen-bond donors (Lipinski definition) is 1. The van der Waals surface area contributed by atoms with Crippen molar-refractivity contribution in [2.75, 3.05) is 17.2 Å². The Hall–Kier alpha value is -2.61. The maximum atomic E-state index is 13.2. The van der Waals surface area contributed by atoms with Crippen LogP contribution < -0.4 is 9.04 Å². The maximum Gasteiger partial charge on any atom is 0.327 e. The Morgan fingerprint density at radius 2 is 1.73 bits per heavy atom. The van der Waals surface area contributed by atoms with Gasteiger partial charge >= 0.3 is 5.97 Å². The molecule has 0 amide bonds. The number of aliphatic carboxylic acids is 1. The van der Waals surface area contributed by atoms with Gasteiger partial charge in [0, 0.05) is 6.42 Å². The number of hydrogen-bond acceptors (Lipinski definition) is 4. The summed E-state index contributed by atoms with van der Waals surface area (Å²) in [5.74, 6) is -1.20. The Labute approximate surface area is 151 Å². The minimum Gasteiger partial charge on any atom is -0.494 e. The van der Waals surface area contributed by atoms with E-state index in [0.29, 0.717) is 17.9 Å². The van der Waals surface area contributed by atoms with Gasteiger partial charge in [0.1, 0.15) is 17.6 Å². The van der Waals surface area contributed by atoms with E-state index in [1.54, 1.807) is 24.3 Å². The molecule has 0 aliphatic rings. The van der Waals surface area contributed by atoms with Crippen molar-refractivity contribution in [1.82, 2.24) is 0 Å². The highest BCUT2D eigenvalue weighted by atomic mass is 32.2. The van der Waals surface area contributed by atoms with Crippen molar-refractivity contribution < 1.29 is 27.4 Å². The summed E-state index contributed by atoms with van der Waals surface area (Å²) in [4.78, 5) is 11.8. The summed E-state index contributed by atoms with van der Waals surface area (Å²) in [6.07, 6.45) is 0.872. The molecule has 26 heavy (non-hydrogen) atoms. The summed E-state index contributed by atoms with van der Waals surface area (Å²) in [7, 11) is -3.91. The van der Waals surface area contributed by atoms with Gasteiger partial charge in [-0.25, -0.2) is 17.6 Å². The van der Waals surface area contributed by atoms with E-state index in [4.69, 9.17) is 4.74 Å². The van der Waals surface area contributed by atoms with E-state index in [1.165, 1.54) is 12.1 Å². The minimum absolute atomic E-state index is 0.0494. The molecule has 0 aromatic heterocycles. The second kappa shape index (κ2) is 8.18. The highest BCUT2D eigenvalue weighted by Gasteiger charge is 2.32. The Bertz CT molecular complexity index is 850. The van der Waals surface area contributed by atoms with Crippen LogP contribution in [0.5, 0.6) is 5.75 Å². The fourth-order valence-electron chi connectivity index (χ4n) is 2.57. The number of sulfonamides is 1. The molecule has 8 heteroatoms. The van der Waals surface area contributed by atoms with Gasteiger partial charge in [-0.3, -0.25) is 4.31 Å². The van der Waals surface area contributed by atoms with Crippen LogP contribution >= 0.6 is 0 Å². The predicted molar refractivity (Wildman–Crippen MR) is 96.5 cm³/mol. The lowest BCUT2D eigenvalue weighted by molar-refractivity contribution is -0.138. The van der Waals surface area contributed by atoms with Crippen LogP contribution in [0.4, 0.5) is 10.1 Å². The average molecular weight is 381 g/mol. The first-order valence-corrected chi connectivity index (χ1v) is 9.76. The lowest BCUT2D eigenvalue weighted by Gasteiger charge is -2.29. The van der Waals surface area contributed by atoms with Crippen LogP contribution in [0.25, 0.3) is 0 Å². The Balaban J connectivity index is 2.37. The molecule has 2 aromatic carbocycles. The first-order chi connectivity index (χ1) is 12.2. The van der Waals surface area contributed by atoms with E-state index in [2.05, 4.69) is 0 Å². The number of carbonyl (C=O) groups is 1. The maximum absolute atomic E-state index is 13.2. The number of rotatable bonds is 8. The molecule has 2 rings (SSSR count). The molecule has 0 bridgehead atoms. The Morgan fingerprint density at radius 1 is 1.15 bits per heavy atom. The monoisotopic (exact) mass is 381 g/mol. The number of benzene rings is 2. The zero-order valence-electron chi connectivity index (χ0n) is 14.4. The largest absolute Gasteiger partial charge is 0.494 e. The predicted octanol–water partition coefficient (Wildman–Crippen LogP) is 2.69. The highest BCUT2D eigenvalue weighted by molar-refractivity contribution is 7.92. The van der Waals surface area contributed by atoms with Crippen LogP contribution in [0.15, 0.2) is 48.5 Å². The lowest BCUT2D eigenvalue weighted by atomic mass is 10.1. The van der Waals surface area contributed by atoms with Crippen LogP contribution in [-0.2, 0) is 21.2 Å². The summed E-state index contributed by atoms with van der Waals surface area (Å²) in [5.41, 5.74) is 0.726. The van der Waals surface area contributed by atoms with E-state index in [-0.39, 0.29) is 12.1 Å². The van der Waals surface area contributed by atoms with Crippen LogP contribution in [0.1, 0.15) is 12.5 Å². The van der Waals surface area contributed by atoms with Gasteiger partial charge < -0.3 is 9.84 Å². The first-order valence-electron chi connectivity index (χ1n) is 7.92. The molecule has 0 saturated carbocycles. The van der Waals surface area contributed by atoms with Crippen molar-refractivity contribution in [1.29, 1.82) is 0 Å². The molecule has 1 N–H and O–H groups in total. The molecule has 0 aliphatic heterocycles. The van der Waals surface area contributed by atoms with Crippen LogP contribution in [-0.4, -0.2) is 38.4 Å². The fourth-order valence-corrected chi connectivity index (χ4v) is 3.70. The summed E-state index contributed by atoms with van der Waals surface area (Å²) in [5, 5.41) is 9.62. The van der Waals surface area contributed by atoms with E-state index in [1.807, 2.05) is 6.92 Å². The third kappa shape index (κ3) is 4.95. The number of nitrogens with zero attached hydrogens (tertiary/aromatic N) is 1. The molecule has 140 valence electrons. The molecule has 0 saturated heterocycles. The average Bonchev–Trinajstić information content (AvgIpc) is 2.56. The highest BCUT2D eigenvalue weighted by Crippen LogP contribution is 2.24. The standard InChI is InChI=1S/C18H20FNO5S/c1-3-25-16-10-4-13(5-11-16)12-17(18(21)22)20(26(2,23)24)15-8-6-14(19)7-9-15/h4-11,17H,3,12H2,1-2H3,(H,21,22)/t17-/m0/s1. The first kappa shape index (κ1) is 19.7. The number of ether oxygens (including phenoxy) is 1. The molecular weight excluding hydrogens is 361 g/mol. The summed E-state index contributed by atoms with van der Waals surface area (Å²) in [6, 6.07) is 10.1. The van der Waals surface area contributed by atoms with Gasteiger partial charge in [-0.2, -0.15) is 0 Å². The van der Waals surface area contributed by atoms with Crippen molar-refractivity contribution in [2.24, 2.45) is 0 Å². The Kier molecular flexibility index (Phi) is 6.20. The van der Waals surface area contributed by atoms with Crippen molar-refractivity contribution in [3.63, 3.8) is 0 Å². The number of halogens is 1. The van der Waals surface area contributed by atoms with Crippen LogP contribution in [0, 0.1) is 5.82 Å². The molecule has 0 radical (unpaired) electrons.